The molecule has 0 radical (unpaired) electrons. The second-order valence-corrected chi connectivity index (χ2v) is 4.32. The Bertz CT molecular complexity index is 419. The van der Waals surface area contributed by atoms with Gasteiger partial charge >= 0.3 is 0 Å². The zero-order valence-corrected chi connectivity index (χ0v) is 11.7. The summed E-state index contributed by atoms with van der Waals surface area (Å²) in [5.41, 5.74) is 6.83. The molecule has 0 bridgehead atoms. The van der Waals surface area contributed by atoms with Crippen molar-refractivity contribution in [2.75, 3.05) is 20.8 Å². The van der Waals surface area contributed by atoms with Crippen molar-refractivity contribution in [3.63, 3.8) is 0 Å². The number of nitrogens with two attached hydrogens (primary N) is 1. The van der Waals surface area contributed by atoms with Crippen LogP contribution >= 0.6 is 0 Å². The van der Waals surface area contributed by atoms with Gasteiger partial charge in [-0.15, -0.1) is 0 Å². The molecule has 1 unspecified atom stereocenters. The number of rotatable bonds is 7. The molecule has 0 saturated heterocycles. The fourth-order valence-corrected chi connectivity index (χ4v) is 1.68. The fraction of sp³-hybridized carbons (Fsp3) is 0.500. The third-order valence-electron chi connectivity index (χ3n) is 2.80. The molecule has 0 aliphatic heterocycles. The maximum atomic E-state index is 11.1. The van der Waals surface area contributed by atoms with Crippen LogP contribution in [0.3, 0.4) is 0 Å². The van der Waals surface area contributed by atoms with Crippen LogP contribution in [0.5, 0.6) is 11.5 Å². The second-order valence-electron chi connectivity index (χ2n) is 4.32. The first-order valence-electron chi connectivity index (χ1n) is 6.35. The van der Waals surface area contributed by atoms with E-state index in [2.05, 4.69) is 5.32 Å². The predicted octanol–water partition coefficient (Wildman–Crippen LogP) is 1.62. The summed E-state index contributed by atoms with van der Waals surface area (Å²) >= 11 is 0. The minimum absolute atomic E-state index is 0.0154. The summed E-state index contributed by atoms with van der Waals surface area (Å²) in [4.78, 5) is 11.1. The molecule has 106 valence electrons. The van der Waals surface area contributed by atoms with E-state index in [9.17, 15) is 4.79 Å². The lowest BCUT2D eigenvalue weighted by atomic mass is 10.1. The quantitative estimate of drug-likeness (QED) is 0.735. The van der Waals surface area contributed by atoms with Gasteiger partial charge in [0.1, 0.15) is 11.5 Å². The molecular formula is C14H22N2O3. The van der Waals surface area contributed by atoms with Crippen LogP contribution < -0.4 is 20.5 Å². The number of hydrogen-bond acceptors (Lipinski definition) is 4. The minimum Gasteiger partial charge on any atom is -0.497 e. The summed E-state index contributed by atoms with van der Waals surface area (Å²) in [6, 6.07) is 5.46. The molecule has 1 atom stereocenters. The van der Waals surface area contributed by atoms with E-state index >= 15 is 0 Å². The van der Waals surface area contributed by atoms with Crippen LogP contribution in [0, 0.1) is 0 Å². The van der Waals surface area contributed by atoms with Gasteiger partial charge in [-0.25, -0.2) is 0 Å². The first-order chi connectivity index (χ1) is 9.08. The molecule has 5 heteroatoms. The molecule has 19 heavy (non-hydrogen) atoms. The lowest BCUT2D eigenvalue weighted by molar-refractivity contribution is -0.120. The average Bonchev–Trinajstić information content (AvgIpc) is 2.42. The van der Waals surface area contributed by atoms with Crippen molar-refractivity contribution in [1.29, 1.82) is 0 Å². The van der Waals surface area contributed by atoms with Crippen molar-refractivity contribution < 1.29 is 14.3 Å². The zero-order chi connectivity index (χ0) is 14.3. The molecular weight excluding hydrogens is 244 g/mol. The number of methoxy groups -OCH3 is 1. The van der Waals surface area contributed by atoms with Gasteiger partial charge < -0.3 is 20.5 Å². The van der Waals surface area contributed by atoms with Crippen molar-refractivity contribution in [3.05, 3.63) is 23.8 Å². The number of nitrogens with one attached hydrogen (secondary N) is 1. The standard InChI is InChI=1S/C14H22N2O3/c1-10(15)12-7-6-11(18-3)9-13(12)19-8-4-5-14(17)16-2/h6-7,9-10H,4-5,8,15H2,1-3H3,(H,16,17). The van der Waals surface area contributed by atoms with Crippen molar-refractivity contribution in [2.24, 2.45) is 5.73 Å². The SMILES string of the molecule is CNC(=O)CCCOc1cc(OC)ccc1C(C)N. The number of carbonyl (C=O) groups excluding carboxylic acids is 1. The molecule has 0 aliphatic carbocycles. The Labute approximate surface area is 114 Å². The monoisotopic (exact) mass is 266 g/mol. The van der Waals surface area contributed by atoms with Gasteiger partial charge in [0.15, 0.2) is 0 Å². The number of ether oxygens (including phenoxy) is 2. The van der Waals surface area contributed by atoms with E-state index in [0.717, 1.165) is 11.3 Å². The van der Waals surface area contributed by atoms with Crippen LogP contribution in [-0.4, -0.2) is 26.7 Å². The molecule has 0 spiro atoms. The molecule has 1 amide bonds. The zero-order valence-electron chi connectivity index (χ0n) is 11.7. The highest BCUT2D eigenvalue weighted by atomic mass is 16.5. The Kier molecular flexibility index (Phi) is 6.15. The maximum Gasteiger partial charge on any atom is 0.219 e. The molecule has 0 aromatic heterocycles. The molecule has 0 fully saturated rings. The summed E-state index contributed by atoms with van der Waals surface area (Å²) in [6.07, 6.45) is 1.11. The first-order valence-corrected chi connectivity index (χ1v) is 6.35. The van der Waals surface area contributed by atoms with Gasteiger partial charge in [-0.2, -0.15) is 0 Å². The van der Waals surface area contributed by atoms with E-state index < -0.39 is 0 Å². The summed E-state index contributed by atoms with van der Waals surface area (Å²) in [5.74, 6) is 1.46. The first kappa shape index (κ1) is 15.3. The van der Waals surface area contributed by atoms with Crippen molar-refractivity contribution in [1.82, 2.24) is 5.32 Å². The topological polar surface area (TPSA) is 73.6 Å². The van der Waals surface area contributed by atoms with Crippen LogP contribution in [0.15, 0.2) is 18.2 Å². The maximum absolute atomic E-state index is 11.1. The molecule has 0 aliphatic rings. The summed E-state index contributed by atoms with van der Waals surface area (Å²) < 4.78 is 10.9. The molecule has 5 nitrogen and oxygen atoms in total. The van der Waals surface area contributed by atoms with Gasteiger partial charge in [-0.1, -0.05) is 6.07 Å². The van der Waals surface area contributed by atoms with Gasteiger partial charge in [0.05, 0.1) is 13.7 Å². The summed E-state index contributed by atoms with van der Waals surface area (Å²) in [6.45, 7) is 2.37. The van der Waals surface area contributed by atoms with Crippen LogP contribution in [0.1, 0.15) is 31.4 Å². The lowest BCUT2D eigenvalue weighted by Gasteiger charge is -2.15. The fourth-order valence-electron chi connectivity index (χ4n) is 1.68. The second kappa shape index (κ2) is 7.63. The minimum atomic E-state index is -0.111. The van der Waals surface area contributed by atoms with Crippen molar-refractivity contribution in [3.8, 4) is 11.5 Å². The number of benzene rings is 1. The molecule has 1 aromatic carbocycles. The molecule has 3 N–H and O–H groups in total. The lowest BCUT2D eigenvalue weighted by Crippen LogP contribution is -2.18. The number of carbonyl (C=O) groups is 1. The van der Waals surface area contributed by atoms with Gasteiger partial charge in [-0.3, -0.25) is 4.79 Å². The van der Waals surface area contributed by atoms with Gasteiger partial charge in [-0.05, 0) is 19.4 Å². The van der Waals surface area contributed by atoms with E-state index in [1.807, 2.05) is 25.1 Å². The number of amides is 1. The Morgan fingerprint density at radius 3 is 2.79 bits per heavy atom. The van der Waals surface area contributed by atoms with Crippen molar-refractivity contribution >= 4 is 5.91 Å². The largest absolute Gasteiger partial charge is 0.497 e. The van der Waals surface area contributed by atoms with E-state index in [4.69, 9.17) is 15.2 Å². The van der Waals surface area contributed by atoms with Gasteiger partial charge in [0.25, 0.3) is 0 Å². The summed E-state index contributed by atoms with van der Waals surface area (Å²) in [5, 5.41) is 2.58. The van der Waals surface area contributed by atoms with E-state index in [-0.39, 0.29) is 11.9 Å². The van der Waals surface area contributed by atoms with E-state index in [0.29, 0.717) is 25.2 Å². The normalized spacial score (nSPS) is 11.8. The van der Waals surface area contributed by atoms with E-state index in [1.54, 1.807) is 14.2 Å². The predicted molar refractivity (Wildman–Crippen MR) is 74.4 cm³/mol. The van der Waals surface area contributed by atoms with E-state index in [1.165, 1.54) is 0 Å². The highest BCUT2D eigenvalue weighted by Crippen LogP contribution is 2.28. The van der Waals surface area contributed by atoms with Crippen LogP contribution in [0.2, 0.25) is 0 Å². The molecule has 0 saturated carbocycles. The van der Waals surface area contributed by atoms with Gasteiger partial charge in [0, 0.05) is 31.1 Å². The smallest absolute Gasteiger partial charge is 0.219 e. The molecule has 1 aromatic rings. The third-order valence-corrected chi connectivity index (χ3v) is 2.80. The van der Waals surface area contributed by atoms with Gasteiger partial charge in [0.2, 0.25) is 5.91 Å². The highest BCUT2D eigenvalue weighted by Gasteiger charge is 2.10. The van der Waals surface area contributed by atoms with Crippen LogP contribution in [0.4, 0.5) is 0 Å². The van der Waals surface area contributed by atoms with Crippen LogP contribution in [-0.2, 0) is 4.79 Å². The third kappa shape index (κ3) is 4.79. The average molecular weight is 266 g/mol. The summed E-state index contributed by atoms with van der Waals surface area (Å²) in [7, 11) is 3.23. The Hall–Kier alpha value is -1.75. The molecule has 0 heterocycles. The Balaban J connectivity index is 2.62. The highest BCUT2D eigenvalue weighted by molar-refractivity contribution is 5.75. The Morgan fingerprint density at radius 1 is 1.47 bits per heavy atom. The molecule has 1 rings (SSSR count). The van der Waals surface area contributed by atoms with Crippen LogP contribution in [0.25, 0.3) is 0 Å². The number of hydrogen-bond donors (Lipinski definition) is 2. The van der Waals surface area contributed by atoms with Crippen molar-refractivity contribution in [2.45, 2.75) is 25.8 Å². The Morgan fingerprint density at radius 2 is 2.21 bits per heavy atom.